The van der Waals surface area contributed by atoms with Crippen LogP contribution in [0.5, 0.6) is 0 Å². The predicted molar refractivity (Wildman–Crippen MR) is 88.7 cm³/mol. The van der Waals surface area contributed by atoms with Crippen LogP contribution in [0.3, 0.4) is 0 Å². The van der Waals surface area contributed by atoms with Crippen LogP contribution in [0.4, 0.5) is 5.69 Å². The number of carboxylic acid groups (broad SMARTS) is 1. The Hall–Kier alpha value is -2.37. The van der Waals surface area contributed by atoms with Gasteiger partial charge in [0.05, 0.1) is 6.42 Å². The summed E-state index contributed by atoms with van der Waals surface area (Å²) in [6.07, 6.45) is 1.59. The molecule has 0 saturated carbocycles. The van der Waals surface area contributed by atoms with Gasteiger partial charge in [0.2, 0.25) is 11.8 Å². The first kappa shape index (κ1) is 16.5. The number of hydrogen-bond acceptors (Lipinski definition) is 3. The molecule has 1 atom stereocenters. The highest BCUT2D eigenvalue weighted by Gasteiger charge is 2.45. The van der Waals surface area contributed by atoms with Gasteiger partial charge in [-0.25, -0.2) is 0 Å². The molecule has 1 saturated heterocycles. The van der Waals surface area contributed by atoms with Gasteiger partial charge in [-0.1, -0.05) is 18.2 Å². The molecule has 2 aliphatic rings. The number of likely N-dealkylation sites (tertiary alicyclic amines) is 1. The van der Waals surface area contributed by atoms with Crippen LogP contribution in [-0.4, -0.2) is 47.4 Å². The topological polar surface area (TPSA) is 77.9 Å². The Morgan fingerprint density at radius 3 is 2.62 bits per heavy atom. The summed E-state index contributed by atoms with van der Waals surface area (Å²) in [5, 5.41) is 8.74. The van der Waals surface area contributed by atoms with Gasteiger partial charge < -0.3 is 14.9 Å². The molecular weight excluding hydrogens is 308 g/mol. The van der Waals surface area contributed by atoms with Crippen LogP contribution in [0.1, 0.15) is 31.7 Å². The molecule has 1 unspecified atom stereocenters. The predicted octanol–water partition coefficient (Wildman–Crippen LogP) is 1.68. The highest BCUT2D eigenvalue weighted by atomic mass is 16.4. The Labute approximate surface area is 141 Å². The van der Waals surface area contributed by atoms with Crippen molar-refractivity contribution in [3.05, 3.63) is 29.8 Å². The zero-order valence-corrected chi connectivity index (χ0v) is 13.8. The summed E-state index contributed by atoms with van der Waals surface area (Å²) in [6, 6.07) is 7.92. The van der Waals surface area contributed by atoms with Crippen molar-refractivity contribution in [3.8, 4) is 0 Å². The third-order valence-corrected chi connectivity index (χ3v) is 5.07. The number of anilines is 1. The van der Waals surface area contributed by atoms with Crippen molar-refractivity contribution < 1.29 is 19.5 Å². The molecule has 2 aliphatic heterocycles. The largest absolute Gasteiger partial charge is 0.481 e. The van der Waals surface area contributed by atoms with E-state index < -0.39 is 5.97 Å². The summed E-state index contributed by atoms with van der Waals surface area (Å²) in [4.78, 5) is 38.5. The number of nitrogens with zero attached hydrogens (tertiary/aromatic N) is 2. The lowest BCUT2D eigenvalue weighted by Gasteiger charge is -2.41. The summed E-state index contributed by atoms with van der Waals surface area (Å²) in [5.74, 6) is -1.05. The van der Waals surface area contributed by atoms with Crippen LogP contribution < -0.4 is 4.90 Å². The van der Waals surface area contributed by atoms with E-state index in [1.165, 1.54) is 0 Å². The van der Waals surface area contributed by atoms with Crippen molar-refractivity contribution in [2.45, 2.75) is 32.6 Å². The molecular formula is C18H22N2O4. The molecule has 1 aromatic rings. The minimum absolute atomic E-state index is 0.0113. The maximum Gasteiger partial charge on any atom is 0.303 e. The first-order valence-corrected chi connectivity index (χ1v) is 8.26. The molecule has 24 heavy (non-hydrogen) atoms. The molecule has 6 nitrogen and oxygen atoms in total. The quantitative estimate of drug-likeness (QED) is 0.914. The van der Waals surface area contributed by atoms with Crippen molar-refractivity contribution >= 4 is 23.5 Å². The summed E-state index contributed by atoms with van der Waals surface area (Å²) in [7, 11) is 0. The van der Waals surface area contributed by atoms with E-state index in [2.05, 4.69) is 0 Å². The van der Waals surface area contributed by atoms with Crippen molar-refractivity contribution in [2.24, 2.45) is 5.41 Å². The number of rotatable bonds is 3. The molecule has 2 heterocycles. The van der Waals surface area contributed by atoms with E-state index in [0.717, 1.165) is 24.1 Å². The molecule has 3 rings (SSSR count). The fourth-order valence-corrected chi connectivity index (χ4v) is 3.88. The summed E-state index contributed by atoms with van der Waals surface area (Å²) in [6.45, 7) is 3.40. The number of aliphatic carboxylic acids is 1. The molecule has 0 aliphatic carbocycles. The summed E-state index contributed by atoms with van der Waals surface area (Å²) >= 11 is 0. The van der Waals surface area contributed by atoms with Crippen LogP contribution >= 0.6 is 0 Å². The molecule has 1 spiro atoms. The van der Waals surface area contributed by atoms with Crippen LogP contribution in [-0.2, 0) is 20.8 Å². The van der Waals surface area contributed by atoms with E-state index in [9.17, 15) is 14.4 Å². The van der Waals surface area contributed by atoms with Gasteiger partial charge in [-0.15, -0.1) is 0 Å². The third-order valence-electron chi connectivity index (χ3n) is 5.07. The van der Waals surface area contributed by atoms with Crippen LogP contribution in [0.15, 0.2) is 24.3 Å². The Morgan fingerprint density at radius 1 is 1.17 bits per heavy atom. The van der Waals surface area contributed by atoms with Gasteiger partial charge in [0.15, 0.2) is 0 Å². The third kappa shape index (κ3) is 3.13. The monoisotopic (exact) mass is 330 g/mol. The standard InChI is InChI=1S/C18H22N2O4/c1-13(21)20-12-18(10-14-4-2-3-5-15(14)20)8-9-19(11-18)16(22)6-7-17(23)24/h2-5H,6-12H2,1H3,(H,23,24). The zero-order chi connectivity index (χ0) is 17.3. The molecule has 2 amide bonds. The fourth-order valence-electron chi connectivity index (χ4n) is 3.88. The van der Waals surface area contributed by atoms with E-state index in [0.29, 0.717) is 19.6 Å². The zero-order valence-electron chi connectivity index (χ0n) is 13.8. The molecule has 0 bridgehead atoms. The average molecular weight is 330 g/mol. The Kier molecular flexibility index (Phi) is 4.30. The lowest BCUT2D eigenvalue weighted by molar-refractivity contribution is -0.140. The SMILES string of the molecule is CC(=O)N1CC2(CCN(C(=O)CCC(=O)O)C2)Cc2ccccc21. The van der Waals surface area contributed by atoms with Crippen molar-refractivity contribution in [2.75, 3.05) is 24.5 Å². The van der Waals surface area contributed by atoms with Gasteiger partial charge in [0, 0.05) is 44.1 Å². The van der Waals surface area contributed by atoms with Gasteiger partial charge in [-0.05, 0) is 24.5 Å². The van der Waals surface area contributed by atoms with Crippen LogP contribution in [0.2, 0.25) is 0 Å². The summed E-state index contributed by atoms with van der Waals surface area (Å²) in [5.41, 5.74) is 1.98. The number of carboxylic acids is 1. The van der Waals surface area contributed by atoms with E-state index in [-0.39, 0.29) is 30.1 Å². The number of hydrogen-bond donors (Lipinski definition) is 1. The first-order chi connectivity index (χ1) is 11.4. The number of para-hydroxylation sites is 1. The fraction of sp³-hybridized carbons (Fsp3) is 0.500. The number of benzene rings is 1. The molecule has 0 aromatic heterocycles. The number of fused-ring (bicyclic) bond motifs is 1. The maximum absolute atomic E-state index is 12.2. The second-order valence-corrected chi connectivity index (χ2v) is 6.87. The van der Waals surface area contributed by atoms with Gasteiger partial charge in [-0.3, -0.25) is 14.4 Å². The van der Waals surface area contributed by atoms with Gasteiger partial charge in [0.25, 0.3) is 0 Å². The number of amides is 2. The first-order valence-electron chi connectivity index (χ1n) is 8.26. The number of carbonyl (C=O) groups excluding carboxylic acids is 2. The Morgan fingerprint density at radius 2 is 1.92 bits per heavy atom. The minimum Gasteiger partial charge on any atom is -0.481 e. The molecule has 6 heteroatoms. The molecule has 1 fully saturated rings. The Bertz CT molecular complexity index is 687. The highest BCUT2D eigenvalue weighted by Crippen LogP contribution is 2.42. The lowest BCUT2D eigenvalue weighted by Crippen LogP contribution is -2.47. The van der Waals surface area contributed by atoms with Crippen molar-refractivity contribution in [3.63, 3.8) is 0 Å². The van der Waals surface area contributed by atoms with Gasteiger partial charge >= 0.3 is 5.97 Å². The van der Waals surface area contributed by atoms with E-state index in [4.69, 9.17) is 5.11 Å². The summed E-state index contributed by atoms with van der Waals surface area (Å²) < 4.78 is 0. The van der Waals surface area contributed by atoms with Crippen LogP contribution in [0.25, 0.3) is 0 Å². The normalized spacial score (nSPS) is 22.5. The van der Waals surface area contributed by atoms with Crippen molar-refractivity contribution in [1.82, 2.24) is 4.90 Å². The van der Waals surface area contributed by atoms with Crippen LogP contribution in [0, 0.1) is 5.41 Å². The van der Waals surface area contributed by atoms with E-state index in [1.807, 2.05) is 29.2 Å². The average Bonchev–Trinajstić information content (AvgIpc) is 2.95. The van der Waals surface area contributed by atoms with Gasteiger partial charge in [-0.2, -0.15) is 0 Å². The molecule has 1 N–H and O–H groups in total. The van der Waals surface area contributed by atoms with Crippen molar-refractivity contribution in [1.29, 1.82) is 0 Å². The van der Waals surface area contributed by atoms with E-state index >= 15 is 0 Å². The highest BCUT2D eigenvalue weighted by molar-refractivity contribution is 5.93. The second kappa shape index (κ2) is 6.26. The Balaban J connectivity index is 1.77. The molecule has 0 radical (unpaired) electrons. The lowest BCUT2D eigenvalue weighted by atomic mass is 9.77. The number of carbonyl (C=O) groups is 3. The maximum atomic E-state index is 12.2. The van der Waals surface area contributed by atoms with Gasteiger partial charge in [0.1, 0.15) is 0 Å². The van der Waals surface area contributed by atoms with E-state index in [1.54, 1.807) is 11.8 Å². The smallest absolute Gasteiger partial charge is 0.303 e. The second-order valence-electron chi connectivity index (χ2n) is 6.87. The molecule has 128 valence electrons. The molecule has 1 aromatic carbocycles. The minimum atomic E-state index is -0.952.